The van der Waals surface area contributed by atoms with E-state index in [0.717, 1.165) is 17.7 Å². The molecule has 4 amide bonds. The lowest BCUT2D eigenvalue weighted by Crippen LogP contribution is -2.44. The van der Waals surface area contributed by atoms with Gasteiger partial charge in [-0.2, -0.15) is 5.10 Å². The summed E-state index contributed by atoms with van der Waals surface area (Å²) in [7, 11) is 0. The predicted molar refractivity (Wildman–Crippen MR) is 83.6 cm³/mol. The molecule has 2 fully saturated rings. The maximum Gasteiger partial charge on any atom is 0.325 e. The van der Waals surface area contributed by atoms with Gasteiger partial charge in [0.15, 0.2) is 0 Å². The Kier molecular flexibility index (Phi) is 4.02. The third-order valence-corrected chi connectivity index (χ3v) is 4.38. The number of nitrogens with zero attached hydrogens (tertiary/aromatic N) is 4. The molecule has 1 aliphatic heterocycles. The molecule has 1 aliphatic carbocycles. The zero-order valence-corrected chi connectivity index (χ0v) is 14.1. The highest BCUT2D eigenvalue weighted by atomic mass is 16.2. The van der Waals surface area contributed by atoms with E-state index in [0.29, 0.717) is 18.3 Å². The van der Waals surface area contributed by atoms with Crippen LogP contribution in [0.3, 0.4) is 0 Å². The lowest BCUT2D eigenvalue weighted by atomic mass is 10.1. The summed E-state index contributed by atoms with van der Waals surface area (Å²) in [4.78, 5) is 41.7. The topological polar surface area (TPSA) is 109 Å². The minimum Gasteiger partial charge on any atom is -0.344 e. The van der Waals surface area contributed by atoms with Crippen molar-refractivity contribution < 1.29 is 14.4 Å². The van der Waals surface area contributed by atoms with E-state index >= 15 is 0 Å². The van der Waals surface area contributed by atoms with Gasteiger partial charge in [0.1, 0.15) is 24.2 Å². The van der Waals surface area contributed by atoms with Gasteiger partial charge in [-0.3, -0.25) is 14.5 Å². The number of urea groups is 1. The van der Waals surface area contributed by atoms with Crippen molar-refractivity contribution in [3.05, 3.63) is 12.2 Å². The van der Waals surface area contributed by atoms with Crippen molar-refractivity contribution >= 4 is 17.8 Å². The number of aromatic nitrogens is 3. The van der Waals surface area contributed by atoms with Crippen LogP contribution in [-0.2, 0) is 16.1 Å². The summed E-state index contributed by atoms with van der Waals surface area (Å²) < 4.78 is 1.75. The molecule has 0 spiro atoms. The molecule has 0 aromatic carbocycles. The van der Waals surface area contributed by atoms with Crippen LogP contribution in [0.2, 0.25) is 0 Å². The van der Waals surface area contributed by atoms with Crippen LogP contribution < -0.4 is 10.6 Å². The fraction of sp³-hybridized carbons (Fsp3) is 0.667. The Hall–Kier alpha value is -2.45. The number of rotatable bonds is 6. The van der Waals surface area contributed by atoms with E-state index in [1.165, 1.54) is 6.33 Å². The van der Waals surface area contributed by atoms with Crippen molar-refractivity contribution in [2.75, 3.05) is 6.54 Å². The Morgan fingerprint density at radius 2 is 2.17 bits per heavy atom. The molecule has 0 unspecified atom stereocenters. The van der Waals surface area contributed by atoms with Gasteiger partial charge in [-0.05, 0) is 39.5 Å². The Balaban J connectivity index is 1.69. The second-order valence-electron chi connectivity index (χ2n) is 6.76. The molecule has 1 saturated heterocycles. The standard InChI is InChI=1S/C15H22N6O3/c1-4-21-12(16-8-17-21)11(9-5-6-9)18-10(22)7-20-13(23)15(2,3)19-14(20)24/h8-9,11H,4-7H2,1-3H3,(H,18,22)(H,19,24)/t11-/m1/s1. The molecule has 1 aromatic rings. The van der Waals surface area contributed by atoms with Gasteiger partial charge in [0, 0.05) is 6.54 Å². The van der Waals surface area contributed by atoms with E-state index in [1.807, 2.05) is 6.92 Å². The van der Waals surface area contributed by atoms with Crippen molar-refractivity contribution in [2.24, 2.45) is 5.92 Å². The number of hydrogen-bond acceptors (Lipinski definition) is 5. The van der Waals surface area contributed by atoms with Crippen molar-refractivity contribution in [1.82, 2.24) is 30.3 Å². The summed E-state index contributed by atoms with van der Waals surface area (Å²) in [6.07, 6.45) is 3.50. The van der Waals surface area contributed by atoms with Crippen LogP contribution in [0.1, 0.15) is 45.5 Å². The summed E-state index contributed by atoms with van der Waals surface area (Å²) in [6, 6.07) is -0.784. The molecule has 1 atom stereocenters. The first-order valence-electron chi connectivity index (χ1n) is 8.14. The molecule has 0 bridgehead atoms. The highest BCUT2D eigenvalue weighted by Crippen LogP contribution is 2.40. The van der Waals surface area contributed by atoms with Gasteiger partial charge in [-0.15, -0.1) is 0 Å². The lowest BCUT2D eigenvalue weighted by Gasteiger charge is -2.20. The van der Waals surface area contributed by atoms with Crippen LogP contribution in [0.25, 0.3) is 0 Å². The molecule has 24 heavy (non-hydrogen) atoms. The molecule has 9 nitrogen and oxygen atoms in total. The normalized spacial score (nSPS) is 20.9. The third kappa shape index (κ3) is 2.98. The van der Waals surface area contributed by atoms with Crippen LogP contribution in [0.4, 0.5) is 4.79 Å². The summed E-state index contributed by atoms with van der Waals surface area (Å²) in [5, 5.41) is 9.62. The third-order valence-electron chi connectivity index (χ3n) is 4.38. The number of carbonyl (C=O) groups excluding carboxylic acids is 3. The number of aryl methyl sites for hydroxylation is 1. The molecular weight excluding hydrogens is 312 g/mol. The highest BCUT2D eigenvalue weighted by molar-refractivity contribution is 6.08. The SMILES string of the molecule is CCn1ncnc1[C@H](NC(=O)CN1C(=O)NC(C)(C)C1=O)C1CC1. The fourth-order valence-electron chi connectivity index (χ4n) is 2.90. The molecule has 2 heterocycles. The van der Waals surface area contributed by atoms with Crippen LogP contribution in [-0.4, -0.2) is 49.6 Å². The largest absolute Gasteiger partial charge is 0.344 e. The fourth-order valence-corrected chi connectivity index (χ4v) is 2.90. The Bertz CT molecular complexity index is 679. The molecular formula is C15H22N6O3. The molecule has 2 N–H and O–H groups in total. The van der Waals surface area contributed by atoms with Gasteiger partial charge in [-0.25, -0.2) is 14.5 Å². The maximum absolute atomic E-state index is 12.4. The minimum absolute atomic E-state index is 0.242. The second-order valence-corrected chi connectivity index (χ2v) is 6.76. The van der Waals surface area contributed by atoms with Crippen molar-refractivity contribution in [3.8, 4) is 0 Å². The monoisotopic (exact) mass is 334 g/mol. The average Bonchev–Trinajstić information content (AvgIpc) is 3.21. The Morgan fingerprint density at radius 3 is 2.71 bits per heavy atom. The summed E-state index contributed by atoms with van der Waals surface area (Å²) in [6.45, 7) is 5.55. The van der Waals surface area contributed by atoms with E-state index in [9.17, 15) is 14.4 Å². The van der Waals surface area contributed by atoms with Gasteiger partial charge in [-0.1, -0.05) is 0 Å². The number of nitrogens with one attached hydrogen (secondary N) is 2. The smallest absolute Gasteiger partial charge is 0.325 e. The highest BCUT2D eigenvalue weighted by Gasteiger charge is 2.45. The molecule has 130 valence electrons. The first-order chi connectivity index (χ1) is 11.3. The van der Waals surface area contributed by atoms with Gasteiger partial charge >= 0.3 is 6.03 Å². The molecule has 0 radical (unpaired) electrons. The summed E-state index contributed by atoms with van der Waals surface area (Å²) in [5.41, 5.74) is -0.977. The summed E-state index contributed by atoms with van der Waals surface area (Å²) >= 11 is 0. The van der Waals surface area contributed by atoms with Crippen LogP contribution in [0.15, 0.2) is 6.33 Å². The maximum atomic E-state index is 12.4. The van der Waals surface area contributed by atoms with Crippen LogP contribution in [0.5, 0.6) is 0 Å². The van der Waals surface area contributed by atoms with Crippen molar-refractivity contribution in [1.29, 1.82) is 0 Å². The van der Waals surface area contributed by atoms with Crippen molar-refractivity contribution in [3.63, 3.8) is 0 Å². The van der Waals surface area contributed by atoms with E-state index in [-0.39, 0.29) is 18.5 Å². The molecule has 1 aromatic heterocycles. The Labute approximate surface area is 139 Å². The quantitative estimate of drug-likeness (QED) is 0.722. The van der Waals surface area contributed by atoms with Crippen LogP contribution >= 0.6 is 0 Å². The number of carbonyl (C=O) groups is 3. The minimum atomic E-state index is -0.977. The van der Waals surface area contributed by atoms with E-state index in [2.05, 4.69) is 20.7 Å². The molecule has 2 aliphatic rings. The van der Waals surface area contributed by atoms with Gasteiger partial charge in [0.25, 0.3) is 5.91 Å². The first kappa shape index (κ1) is 16.4. The van der Waals surface area contributed by atoms with E-state index < -0.39 is 17.5 Å². The molecule has 9 heteroatoms. The average molecular weight is 334 g/mol. The van der Waals surface area contributed by atoms with E-state index in [4.69, 9.17) is 0 Å². The summed E-state index contributed by atoms with van der Waals surface area (Å²) in [5.74, 6) is 0.259. The molecule has 3 rings (SSSR count). The van der Waals surface area contributed by atoms with Crippen molar-refractivity contribution in [2.45, 2.75) is 51.7 Å². The van der Waals surface area contributed by atoms with E-state index in [1.54, 1.807) is 18.5 Å². The zero-order chi connectivity index (χ0) is 17.5. The number of amides is 4. The number of imide groups is 1. The number of hydrogen-bond donors (Lipinski definition) is 2. The first-order valence-corrected chi connectivity index (χ1v) is 8.14. The van der Waals surface area contributed by atoms with Crippen LogP contribution in [0, 0.1) is 5.92 Å². The lowest BCUT2D eigenvalue weighted by molar-refractivity contribution is -0.134. The van der Waals surface area contributed by atoms with Gasteiger partial charge in [0.2, 0.25) is 5.91 Å². The predicted octanol–water partition coefficient (Wildman–Crippen LogP) is 0.196. The van der Waals surface area contributed by atoms with Gasteiger partial charge in [0.05, 0.1) is 6.04 Å². The molecule has 1 saturated carbocycles. The second kappa shape index (κ2) is 5.88. The zero-order valence-electron chi connectivity index (χ0n) is 14.1. The Morgan fingerprint density at radius 1 is 1.46 bits per heavy atom. The van der Waals surface area contributed by atoms with Gasteiger partial charge < -0.3 is 10.6 Å².